The molecule has 7 nitrogen and oxygen atoms in total. The van der Waals surface area contributed by atoms with Gasteiger partial charge in [-0.1, -0.05) is 41.3 Å². The number of aromatic nitrogens is 2. The lowest BCUT2D eigenvalue weighted by Crippen LogP contribution is -2.45. The van der Waals surface area contributed by atoms with E-state index in [0.717, 1.165) is 11.3 Å². The van der Waals surface area contributed by atoms with Crippen molar-refractivity contribution in [2.45, 2.75) is 31.2 Å². The van der Waals surface area contributed by atoms with E-state index in [1.54, 1.807) is 6.92 Å². The summed E-state index contributed by atoms with van der Waals surface area (Å²) in [4.78, 5) is 23.5. The molecular formula is C16H21N5O2S2. The summed E-state index contributed by atoms with van der Waals surface area (Å²) in [5.74, 6) is -0.225. The summed E-state index contributed by atoms with van der Waals surface area (Å²) in [5.41, 5.74) is 2.09. The minimum Gasteiger partial charge on any atom is -0.355 e. The van der Waals surface area contributed by atoms with Gasteiger partial charge in [0, 0.05) is 12.2 Å². The second kappa shape index (κ2) is 9.38. The van der Waals surface area contributed by atoms with Crippen LogP contribution in [0, 0.1) is 6.92 Å². The van der Waals surface area contributed by atoms with E-state index in [4.69, 9.17) is 0 Å². The largest absolute Gasteiger partial charge is 0.355 e. The number of aryl methyl sites for hydroxylation is 1. The SMILES string of the molecule is CCNC(=O)[C@H](C)NC(=O)CSc1nnc(Nc2ccccc2C)s1. The molecule has 1 atom stereocenters. The molecule has 1 aromatic heterocycles. The van der Waals surface area contributed by atoms with Crippen molar-refractivity contribution in [3.8, 4) is 0 Å². The number of amides is 2. The van der Waals surface area contributed by atoms with Crippen molar-refractivity contribution in [1.82, 2.24) is 20.8 Å². The Morgan fingerprint density at radius 1 is 1.28 bits per heavy atom. The molecule has 134 valence electrons. The van der Waals surface area contributed by atoms with E-state index in [9.17, 15) is 9.59 Å². The van der Waals surface area contributed by atoms with Gasteiger partial charge in [0.25, 0.3) is 0 Å². The number of nitrogens with zero attached hydrogens (tertiary/aromatic N) is 2. The molecule has 0 unspecified atom stereocenters. The van der Waals surface area contributed by atoms with E-state index in [2.05, 4.69) is 26.1 Å². The molecule has 1 aromatic carbocycles. The third-order valence-electron chi connectivity index (χ3n) is 3.24. The number of rotatable bonds is 8. The predicted octanol–water partition coefficient (Wildman–Crippen LogP) is 2.32. The number of nitrogens with one attached hydrogen (secondary N) is 3. The fourth-order valence-corrected chi connectivity index (χ4v) is 3.53. The maximum atomic E-state index is 11.9. The number of hydrogen-bond donors (Lipinski definition) is 3. The molecular weight excluding hydrogens is 358 g/mol. The number of carbonyl (C=O) groups is 2. The van der Waals surface area contributed by atoms with Gasteiger partial charge in [0.1, 0.15) is 6.04 Å². The number of likely N-dealkylation sites (N-methyl/N-ethyl adjacent to an activating group) is 1. The highest BCUT2D eigenvalue weighted by molar-refractivity contribution is 8.01. The van der Waals surface area contributed by atoms with Crippen LogP contribution in [-0.4, -0.2) is 40.4 Å². The molecule has 3 N–H and O–H groups in total. The molecule has 2 rings (SSSR count). The molecule has 0 spiro atoms. The average Bonchev–Trinajstić information content (AvgIpc) is 3.03. The third-order valence-corrected chi connectivity index (χ3v) is 5.21. The van der Waals surface area contributed by atoms with E-state index >= 15 is 0 Å². The van der Waals surface area contributed by atoms with Crippen molar-refractivity contribution in [3.05, 3.63) is 29.8 Å². The van der Waals surface area contributed by atoms with Crippen LogP contribution < -0.4 is 16.0 Å². The van der Waals surface area contributed by atoms with Gasteiger partial charge in [-0.3, -0.25) is 9.59 Å². The van der Waals surface area contributed by atoms with E-state index in [1.807, 2.05) is 38.1 Å². The number of carbonyl (C=O) groups excluding carboxylic acids is 2. The van der Waals surface area contributed by atoms with Crippen LogP contribution in [0.5, 0.6) is 0 Å². The number of benzene rings is 1. The van der Waals surface area contributed by atoms with Gasteiger partial charge in [-0.15, -0.1) is 10.2 Å². The van der Waals surface area contributed by atoms with E-state index < -0.39 is 6.04 Å². The summed E-state index contributed by atoms with van der Waals surface area (Å²) >= 11 is 2.67. The Kier molecular flexibility index (Phi) is 7.20. The summed E-state index contributed by atoms with van der Waals surface area (Å²) in [5, 5.41) is 17.4. The maximum Gasteiger partial charge on any atom is 0.242 e. The Morgan fingerprint density at radius 2 is 2.04 bits per heavy atom. The van der Waals surface area contributed by atoms with Crippen LogP contribution >= 0.6 is 23.1 Å². The monoisotopic (exact) mass is 379 g/mol. The molecule has 9 heteroatoms. The molecule has 0 saturated carbocycles. The quantitative estimate of drug-likeness (QED) is 0.609. The lowest BCUT2D eigenvalue weighted by molar-refractivity contribution is -0.127. The van der Waals surface area contributed by atoms with Gasteiger partial charge in [-0.25, -0.2) is 0 Å². The minimum atomic E-state index is -0.555. The second-order valence-corrected chi connectivity index (χ2v) is 7.49. The van der Waals surface area contributed by atoms with Gasteiger partial charge < -0.3 is 16.0 Å². The van der Waals surface area contributed by atoms with E-state index in [-0.39, 0.29) is 17.6 Å². The van der Waals surface area contributed by atoms with Crippen molar-refractivity contribution in [2.24, 2.45) is 0 Å². The van der Waals surface area contributed by atoms with Gasteiger partial charge in [0.05, 0.1) is 5.75 Å². The fraction of sp³-hybridized carbons (Fsp3) is 0.375. The van der Waals surface area contributed by atoms with Gasteiger partial charge >= 0.3 is 0 Å². The van der Waals surface area contributed by atoms with Crippen molar-refractivity contribution < 1.29 is 9.59 Å². The van der Waals surface area contributed by atoms with Gasteiger partial charge in [0.2, 0.25) is 16.9 Å². The zero-order valence-corrected chi connectivity index (χ0v) is 16.0. The lowest BCUT2D eigenvalue weighted by atomic mass is 10.2. The zero-order chi connectivity index (χ0) is 18.2. The number of thioether (sulfide) groups is 1. The first kappa shape index (κ1) is 19.2. The molecule has 25 heavy (non-hydrogen) atoms. The molecule has 0 aliphatic rings. The Hall–Kier alpha value is -2.13. The standard InChI is InChI=1S/C16H21N5O2S2/c1-4-17-14(23)11(3)18-13(22)9-24-16-21-20-15(25-16)19-12-8-6-5-7-10(12)2/h5-8,11H,4,9H2,1-3H3,(H,17,23)(H,18,22)(H,19,20)/t11-/m0/s1. The molecule has 0 aliphatic heterocycles. The van der Waals surface area contributed by atoms with Crippen LogP contribution in [0.25, 0.3) is 0 Å². The Bertz CT molecular complexity index is 735. The first-order valence-corrected chi connectivity index (χ1v) is 9.65. The smallest absolute Gasteiger partial charge is 0.242 e. The zero-order valence-electron chi connectivity index (χ0n) is 14.3. The molecule has 2 amide bonds. The van der Waals surface area contributed by atoms with Crippen LogP contribution in [0.3, 0.4) is 0 Å². The van der Waals surface area contributed by atoms with E-state index in [0.29, 0.717) is 16.0 Å². The molecule has 2 aromatic rings. The maximum absolute atomic E-state index is 11.9. The van der Waals surface area contributed by atoms with E-state index in [1.165, 1.54) is 23.1 Å². The summed E-state index contributed by atoms with van der Waals surface area (Å²) in [6.45, 7) is 6.04. The van der Waals surface area contributed by atoms with Gasteiger partial charge in [-0.2, -0.15) is 0 Å². The van der Waals surface area contributed by atoms with Crippen LogP contribution in [0.1, 0.15) is 19.4 Å². The fourth-order valence-electron chi connectivity index (χ4n) is 1.95. The number of anilines is 2. The lowest BCUT2D eigenvalue weighted by Gasteiger charge is -2.12. The van der Waals surface area contributed by atoms with Gasteiger partial charge in [0.15, 0.2) is 4.34 Å². The van der Waals surface area contributed by atoms with Crippen molar-refractivity contribution in [2.75, 3.05) is 17.6 Å². The Labute approximate surface area is 155 Å². The first-order valence-electron chi connectivity index (χ1n) is 7.85. The van der Waals surface area contributed by atoms with Crippen LogP contribution in [0.15, 0.2) is 28.6 Å². The predicted molar refractivity (Wildman–Crippen MR) is 101 cm³/mol. The minimum absolute atomic E-state index is 0.183. The molecule has 0 radical (unpaired) electrons. The highest BCUT2D eigenvalue weighted by Crippen LogP contribution is 2.28. The first-order chi connectivity index (χ1) is 12.0. The summed E-state index contributed by atoms with van der Waals surface area (Å²) in [6, 6.07) is 7.36. The highest BCUT2D eigenvalue weighted by atomic mass is 32.2. The Balaban J connectivity index is 1.82. The molecule has 0 aliphatic carbocycles. The van der Waals surface area contributed by atoms with Crippen molar-refractivity contribution in [3.63, 3.8) is 0 Å². The summed E-state index contributed by atoms with van der Waals surface area (Å²) in [6.07, 6.45) is 0. The van der Waals surface area contributed by atoms with Crippen LogP contribution in [-0.2, 0) is 9.59 Å². The average molecular weight is 380 g/mol. The highest BCUT2D eigenvalue weighted by Gasteiger charge is 2.15. The molecule has 0 fully saturated rings. The van der Waals surface area contributed by atoms with Crippen molar-refractivity contribution in [1.29, 1.82) is 0 Å². The normalized spacial score (nSPS) is 11.6. The third kappa shape index (κ3) is 6.02. The molecule has 0 bridgehead atoms. The van der Waals surface area contributed by atoms with Crippen LogP contribution in [0.2, 0.25) is 0 Å². The second-order valence-electron chi connectivity index (χ2n) is 5.29. The topological polar surface area (TPSA) is 96.0 Å². The molecule has 1 heterocycles. The van der Waals surface area contributed by atoms with Crippen LogP contribution in [0.4, 0.5) is 10.8 Å². The number of hydrogen-bond acceptors (Lipinski definition) is 7. The summed E-state index contributed by atoms with van der Waals surface area (Å²) < 4.78 is 0.692. The Morgan fingerprint density at radius 3 is 2.76 bits per heavy atom. The van der Waals surface area contributed by atoms with Crippen molar-refractivity contribution >= 4 is 45.7 Å². The summed E-state index contributed by atoms with van der Waals surface area (Å²) in [7, 11) is 0. The number of para-hydroxylation sites is 1. The van der Waals surface area contributed by atoms with Gasteiger partial charge in [-0.05, 0) is 32.4 Å². The molecule has 0 saturated heterocycles.